The average Bonchev–Trinajstić information content (AvgIpc) is 3.66. The monoisotopic (exact) mass is 539 g/mol. The van der Waals surface area contributed by atoms with E-state index < -0.39 is 0 Å². The van der Waals surface area contributed by atoms with Gasteiger partial charge in [0.25, 0.3) is 11.8 Å². The Labute approximate surface area is 219 Å². The number of nitrogens with zero attached hydrogens (tertiary/aromatic N) is 5. The molecular formula is C24H19Cl2N7O2S. The summed E-state index contributed by atoms with van der Waals surface area (Å²) >= 11 is 13.5. The van der Waals surface area contributed by atoms with Crippen LogP contribution in [0.3, 0.4) is 0 Å². The van der Waals surface area contributed by atoms with E-state index >= 15 is 0 Å². The van der Waals surface area contributed by atoms with Gasteiger partial charge in [0, 0.05) is 34.7 Å². The number of rotatable bonds is 5. The summed E-state index contributed by atoms with van der Waals surface area (Å²) in [6, 6.07) is 8.71. The molecular weight excluding hydrogens is 521 g/mol. The highest BCUT2D eigenvalue weighted by molar-refractivity contribution is 7.09. The molecule has 1 aliphatic heterocycles. The number of pyridine rings is 1. The van der Waals surface area contributed by atoms with Crippen LogP contribution in [-0.2, 0) is 6.54 Å². The van der Waals surface area contributed by atoms with Gasteiger partial charge in [-0.3, -0.25) is 14.7 Å². The van der Waals surface area contributed by atoms with Crippen LogP contribution >= 0.6 is 34.5 Å². The van der Waals surface area contributed by atoms with Crippen molar-refractivity contribution in [3.63, 3.8) is 0 Å². The molecule has 1 fully saturated rings. The van der Waals surface area contributed by atoms with Gasteiger partial charge in [0.2, 0.25) is 0 Å². The largest absolute Gasteiger partial charge is 0.345 e. The lowest BCUT2D eigenvalue weighted by molar-refractivity contribution is 0.0730. The fraction of sp³-hybridized carbons (Fsp3) is 0.208. The summed E-state index contributed by atoms with van der Waals surface area (Å²) in [7, 11) is 0. The molecule has 5 heterocycles. The Balaban J connectivity index is 1.16. The number of hydrogen-bond donors (Lipinski definition) is 2. The highest BCUT2D eigenvalue weighted by Crippen LogP contribution is 2.35. The van der Waals surface area contributed by atoms with Crippen LogP contribution in [0.2, 0.25) is 10.0 Å². The van der Waals surface area contributed by atoms with Crippen molar-refractivity contribution in [2.75, 3.05) is 6.54 Å². The van der Waals surface area contributed by atoms with Crippen molar-refractivity contribution in [1.82, 2.24) is 34.8 Å². The first-order valence-corrected chi connectivity index (χ1v) is 12.9. The van der Waals surface area contributed by atoms with Crippen LogP contribution in [0.4, 0.5) is 0 Å². The van der Waals surface area contributed by atoms with Crippen LogP contribution < -0.4 is 5.32 Å². The number of aromatic nitrogens is 5. The maximum Gasteiger partial charge on any atom is 0.274 e. The van der Waals surface area contributed by atoms with Gasteiger partial charge in [0.15, 0.2) is 0 Å². The third-order valence-electron chi connectivity index (χ3n) is 6.21. The number of benzene rings is 1. The summed E-state index contributed by atoms with van der Waals surface area (Å²) in [6.07, 6.45) is 5.03. The van der Waals surface area contributed by atoms with Gasteiger partial charge in [0.05, 0.1) is 28.8 Å². The van der Waals surface area contributed by atoms with Crippen molar-refractivity contribution < 1.29 is 9.59 Å². The Morgan fingerprint density at radius 2 is 1.97 bits per heavy atom. The van der Waals surface area contributed by atoms with Gasteiger partial charge in [-0.25, -0.2) is 9.97 Å². The Kier molecular flexibility index (Phi) is 5.87. The van der Waals surface area contributed by atoms with Gasteiger partial charge in [-0.1, -0.05) is 23.2 Å². The summed E-state index contributed by atoms with van der Waals surface area (Å²) < 4.78 is 1.74. The highest BCUT2D eigenvalue weighted by Gasteiger charge is 2.34. The number of aromatic amines is 1. The van der Waals surface area contributed by atoms with E-state index in [1.165, 1.54) is 11.3 Å². The molecule has 0 bridgehead atoms. The Bertz CT molecular complexity index is 1630. The number of halogens is 2. The molecule has 36 heavy (non-hydrogen) atoms. The molecule has 2 amide bonds. The zero-order valence-electron chi connectivity index (χ0n) is 18.7. The molecule has 2 N–H and O–H groups in total. The number of hydrogen-bond acceptors (Lipinski definition) is 6. The third-order valence-corrected chi connectivity index (χ3v) is 7.61. The Morgan fingerprint density at radius 1 is 1.11 bits per heavy atom. The number of imidazole rings is 1. The molecule has 4 aromatic heterocycles. The van der Waals surface area contributed by atoms with Crippen LogP contribution in [0.15, 0.2) is 48.1 Å². The SMILES string of the molecule is O=C(NCc1[nH]nc2ccc(Cl)cc12)c1csc(C2CCCN2C(=O)c2cn3cc(Cl)ccc3n2)n1. The molecule has 182 valence electrons. The van der Waals surface area contributed by atoms with E-state index in [1.807, 2.05) is 12.1 Å². The second-order valence-corrected chi connectivity index (χ2v) is 10.3. The van der Waals surface area contributed by atoms with Gasteiger partial charge in [0.1, 0.15) is 22.0 Å². The van der Waals surface area contributed by atoms with Gasteiger partial charge < -0.3 is 14.6 Å². The smallest absolute Gasteiger partial charge is 0.274 e. The maximum atomic E-state index is 13.3. The normalized spacial score (nSPS) is 15.7. The standard InChI is InChI=1S/C24H19Cl2N7O2S/c25-13-3-5-16-15(8-13)17(31-30-16)9-27-22(34)19-12-36-23(29-19)20-2-1-7-33(20)24(35)18-11-32-10-14(26)4-6-21(32)28-18/h3-6,8,10-12,20H,1-2,7,9H2,(H,27,34)(H,30,31). The Morgan fingerprint density at radius 3 is 2.86 bits per heavy atom. The molecule has 6 rings (SSSR count). The van der Waals surface area contributed by atoms with Crippen molar-refractivity contribution >= 4 is 62.9 Å². The Hall–Kier alpha value is -3.47. The number of H-pyrrole nitrogens is 1. The van der Waals surface area contributed by atoms with Crippen LogP contribution in [0.25, 0.3) is 16.6 Å². The van der Waals surface area contributed by atoms with Gasteiger partial charge >= 0.3 is 0 Å². The minimum atomic E-state index is -0.296. The molecule has 5 aromatic rings. The second-order valence-electron chi connectivity index (χ2n) is 8.51. The summed E-state index contributed by atoms with van der Waals surface area (Å²) in [5, 5.41) is 14.5. The fourth-order valence-electron chi connectivity index (χ4n) is 4.46. The molecule has 1 atom stereocenters. The second kappa shape index (κ2) is 9.20. The minimum Gasteiger partial charge on any atom is -0.345 e. The van der Waals surface area contributed by atoms with E-state index in [2.05, 4.69) is 25.5 Å². The van der Waals surface area contributed by atoms with Gasteiger partial charge in [-0.15, -0.1) is 11.3 Å². The first-order valence-electron chi connectivity index (χ1n) is 11.3. The fourth-order valence-corrected chi connectivity index (χ4v) is 5.74. The molecule has 1 aliphatic rings. The van der Waals surface area contributed by atoms with Crippen molar-refractivity contribution in [2.45, 2.75) is 25.4 Å². The molecule has 0 aliphatic carbocycles. The summed E-state index contributed by atoms with van der Waals surface area (Å²) in [5.41, 5.74) is 2.86. The predicted molar refractivity (Wildman–Crippen MR) is 138 cm³/mol. The van der Waals surface area contributed by atoms with Crippen LogP contribution in [0.5, 0.6) is 0 Å². The lowest BCUT2D eigenvalue weighted by Gasteiger charge is -2.22. The zero-order valence-corrected chi connectivity index (χ0v) is 21.1. The van der Waals surface area contributed by atoms with E-state index in [-0.39, 0.29) is 24.4 Å². The number of carbonyl (C=O) groups is 2. The number of carbonyl (C=O) groups excluding carboxylic acids is 2. The van der Waals surface area contributed by atoms with Crippen molar-refractivity contribution in [2.24, 2.45) is 0 Å². The molecule has 1 aromatic carbocycles. The third kappa shape index (κ3) is 4.21. The maximum absolute atomic E-state index is 13.3. The molecule has 0 radical (unpaired) electrons. The first-order chi connectivity index (χ1) is 17.5. The number of likely N-dealkylation sites (tertiary alicyclic amines) is 1. The molecule has 12 heteroatoms. The van der Waals surface area contributed by atoms with Gasteiger partial charge in [-0.05, 0) is 43.2 Å². The molecule has 1 saturated heterocycles. The van der Waals surface area contributed by atoms with Crippen LogP contribution in [-0.4, -0.2) is 47.8 Å². The number of fused-ring (bicyclic) bond motifs is 2. The zero-order chi connectivity index (χ0) is 24.8. The molecule has 9 nitrogen and oxygen atoms in total. The first kappa shape index (κ1) is 23.0. The topological polar surface area (TPSA) is 108 Å². The summed E-state index contributed by atoms with van der Waals surface area (Å²) in [4.78, 5) is 36.9. The highest BCUT2D eigenvalue weighted by atomic mass is 35.5. The number of thiazole rings is 1. The van der Waals surface area contributed by atoms with Crippen LogP contribution in [0.1, 0.15) is 50.6 Å². The van der Waals surface area contributed by atoms with E-state index in [0.29, 0.717) is 33.6 Å². The van der Waals surface area contributed by atoms with Crippen molar-refractivity contribution in [3.8, 4) is 0 Å². The van der Waals surface area contributed by atoms with E-state index in [4.69, 9.17) is 23.2 Å². The lowest BCUT2D eigenvalue weighted by Crippen LogP contribution is -2.31. The molecule has 1 unspecified atom stereocenters. The van der Waals surface area contributed by atoms with E-state index in [1.54, 1.807) is 45.3 Å². The van der Waals surface area contributed by atoms with E-state index in [9.17, 15) is 9.59 Å². The van der Waals surface area contributed by atoms with Crippen LogP contribution in [0, 0.1) is 0 Å². The van der Waals surface area contributed by atoms with Crippen molar-refractivity contribution in [3.05, 3.63) is 80.2 Å². The van der Waals surface area contributed by atoms with Gasteiger partial charge in [-0.2, -0.15) is 5.10 Å². The lowest BCUT2D eigenvalue weighted by atomic mass is 10.2. The summed E-state index contributed by atoms with van der Waals surface area (Å²) in [6.45, 7) is 0.864. The van der Waals surface area contributed by atoms with Crippen molar-refractivity contribution in [1.29, 1.82) is 0 Å². The van der Waals surface area contributed by atoms with E-state index in [0.717, 1.165) is 34.4 Å². The average molecular weight is 540 g/mol. The molecule has 0 saturated carbocycles. The predicted octanol–water partition coefficient (Wildman–Crippen LogP) is 4.88. The number of nitrogens with one attached hydrogen (secondary N) is 2. The summed E-state index contributed by atoms with van der Waals surface area (Å²) in [5.74, 6) is -0.460. The molecule has 0 spiro atoms. The number of amides is 2. The minimum absolute atomic E-state index is 0.164. The quantitative estimate of drug-likeness (QED) is 0.330.